The first-order valence-electron chi connectivity index (χ1n) is 7.22. The fourth-order valence-electron chi connectivity index (χ4n) is 2.37. The van der Waals surface area contributed by atoms with Crippen LogP contribution in [0, 0.1) is 0 Å². The summed E-state index contributed by atoms with van der Waals surface area (Å²) in [6.07, 6.45) is 2.53. The molecule has 1 heterocycles. The smallest absolute Gasteiger partial charge is 0.0126 e. The Labute approximate surface area is 108 Å². The van der Waals surface area contributed by atoms with Crippen LogP contribution in [-0.2, 0) is 0 Å². The van der Waals surface area contributed by atoms with Crippen molar-refractivity contribution in [3.05, 3.63) is 0 Å². The number of rotatable bonds is 6. The van der Waals surface area contributed by atoms with Gasteiger partial charge in [0.25, 0.3) is 0 Å². The number of hydrogen-bond acceptors (Lipinski definition) is 3. The van der Waals surface area contributed by atoms with Gasteiger partial charge in [-0.2, -0.15) is 0 Å². The maximum atomic E-state index is 3.47. The van der Waals surface area contributed by atoms with E-state index in [0.717, 1.165) is 6.54 Å². The molecule has 0 radical (unpaired) electrons. The molecule has 3 nitrogen and oxygen atoms in total. The highest BCUT2D eigenvalue weighted by atomic mass is 15.3. The van der Waals surface area contributed by atoms with E-state index in [0.29, 0.717) is 5.54 Å². The zero-order valence-electron chi connectivity index (χ0n) is 12.3. The van der Waals surface area contributed by atoms with E-state index in [9.17, 15) is 0 Å². The summed E-state index contributed by atoms with van der Waals surface area (Å²) in [4.78, 5) is 5.20. The fourth-order valence-corrected chi connectivity index (χ4v) is 2.37. The molecule has 3 heteroatoms. The van der Waals surface area contributed by atoms with E-state index in [-0.39, 0.29) is 0 Å². The monoisotopic (exact) mass is 241 g/mol. The van der Waals surface area contributed by atoms with Crippen LogP contribution in [0.4, 0.5) is 0 Å². The van der Waals surface area contributed by atoms with Gasteiger partial charge in [0.1, 0.15) is 0 Å². The van der Waals surface area contributed by atoms with Gasteiger partial charge in [-0.05, 0) is 53.2 Å². The molecule has 0 amide bonds. The average molecular weight is 241 g/mol. The quantitative estimate of drug-likeness (QED) is 0.715. The van der Waals surface area contributed by atoms with Gasteiger partial charge in [0.15, 0.2) is 0 Å². The fraction of sp³-hybridized carbons (Fsp3) is 1.00. The van der Waals surface area contributed by atoms with Crippen LogP contribution in [0.25, 0.3) is 0 Å². The summed E-state index contributed by atoms with van der Waals surface area (Å²) >= 11 is 0. The van der Waals surface area contributed by atoms with Crippen LogP contribution in [0.15, 0.2) is 0 Å². The van der Waals surface area contributed by atoms with Crippen LogP contribution in [0.3, 0.4) is 0 Å². The van der Waals surface area contributed by atoms with E-state index in [2.05, 4.69) is 42.8 Å². The molecule has 0 saturated carbocycles. The van der Waals surface area contributed by atoms with E-state index in [4.69, 9.17) is 0 Å². The van der Waals surface area contributed by atoms with Crippen molar-refractivity contribution in [1.29, 1.82) is 0 Å². The van der Waals surface area contributed by atoms with E-state index in [1.54, 1.807) is 0 Å². The predicted molar refractivity (Wildman–Crippen MR) is 75.5 cm³/mol. The molecule has 1 N–H and O–H groups in total. The predicted octanol–water partition coefficient (Wildman–Crippen LogP) is 1.79. The summed E-state index contributed by atoms with van der Waals surface area (Å²) in [5, 5.41) is 3.47. The molecule has 1 aliphatic heterocycles. The first kappa shape index (κ1) is 14.9. The second-order valence-electron chi connectivity index (χ2n) is 6.10. The Kier molecular flexibility index (Phi) is 6.45. The zero-order valence-corrected chi connectivity index (χ0v) is 12.3. The van der Waals surface area contributed by atoms with Crippen LogP contribution >= 0.6 is 0 Å². The molecule has 0 aromatic carbocycles. The third-order valence-electron chi connectivity index (χ3n) is 3.58. The summed E-state index contributed by atoms with van der Waals surface area (Å²) in [5.74, 6) is 0. The van der Waals surface area contributed by atoms with E-state index in [1.807, 2.05) is 0 Å². The number of nitrogens with one attached hydrogen (secondary N) is 1. The van der Waals surface area contributed by atoms with Crippen molar-refractivity contribution in [2.75, 3.05) is 45.8 Å². The minimum absolute atomic E-state index is 0.342. The normalized spacial score (nSPS) is 19.8. The maximum Gasteiger partial charge on any atom is 0.0126 e. The van der Waals surface area contributed by atoms with Crippen LogP contribution in [-0.4, -0.2) is 61.2 Å². The van der Waals surface area contributed by atoms with Crippen molar-refractivity contribution >= 4 is 0 Å². The van der Waals surface area contributed by atoms with E-state index < -0.39 is 0 Å². The van der Waals surface area contributed by atoms with Gasteiger partial charge in [0.05, 0.1) is 0 Å². The molecule has 17 heavy (non-hydrogen) atoms. The largest absolute Gasteiger partial charge is 0.317 e. The summed E-state index contributed by atoms with van der Waals surface area (Å²) in [6.45, 7) is 17.7. The van der Waals surface area contributed by atoms with E-state index >= 15 is 0 Å². The van der Waals surface area contributed by atoms with Crippen molar-refractivity contribution in [2.24, 2.45) is 0 Å². The SMILES string of the molecule is CCCNCCCN1CCN(C(C)(C)C)CC1. The van der Waals surface area contributed by atoms with Gasteiger partial charge in [-0.15, -0.1) is 0 Å². The molecular weight excluding hydrogens is 210 g/mol. The second-order valence-corrected chi connectivity index (χ2v) is 6.10. The maximum absolute atomic E-state index is 3.47. The minimum atomic E-state index is 0.342. The highest BCUT2D eigenvalue weighted by Gasteiger charge is 2.25. The molecule has 0 aromatic heterocycles. The Balaban J connectivity index is 2.07. The Morgan fingerprint density at radius 2 is 1.65 bits per heavy atom. The summed E-state index contributed by atoms with van der Waals surface area (Å²) in [5.41, 5.74) is 0.342. The Bertz CT molecular complexity index is 190. The summed E-state index contributed by atoms with van der Waals surface area (Å²) < 4.78 is 0. The van der Waals surface area contributed by atoms with Gasteiger partial charge in [-0.3, -0.25) is 4.90 Å². The van der Waals surface area contributed by atoms with Gasteiger partial charge in [0, 0.05) is 31.7 Å². The lowest BCUT2D eigenvalue weighted by molar-refractivity contribution is 0.0619. The lowest BCUT2D eigenvalue weighted by atomic mass is 10.0. The topological polar surface area (TPSA) is 18.5 Å². The number of piperazine rings is 1. The van der Waals surface area contributed by atoms with Crippen LogP contribution in [0.2, 0.25) is 0 Å². The first-order chi connectivity index (χ1) is 8.04. The van der Waals surface area contributed by atoms with Gasteiger partial charge < -0.3 is 10.2 Å². The number of nitrogens with zero attached hydrogens (tertiary/aromatic N) is 2. The van der Waals surface area contributed by atoms with Crippen LogP contribution in [0.1, 0.15) is 40.5 Å². The first-order valence-corrected chi connectivity index (χ1v) is 7.22. The average Bonchev–Trinajstić information content (AvgIpc) is 2.28. The van der Waals surface area contributed by atoms with Gasteiger partial charge in [0.2, 0.25) is 0 Å². The van der Waals surface area contributed by atoms with Crippen molar-refractivity contribution in [3.63, 3.8) is 0 Å². The molecule has 1 rings (SSSR count). The Morgan fingerprint density at radius 1 is 1.00 bits per heavy atom. The molecule has 1 saturated heterocycles. The zero-order chi connectivity index (χ0) is 12.7. The van der Waals surface area contributed by atoms with Crippen molar-refractivity contribution in [3.8, 4) is 0 Å². The van der Waals surface area contributed by atoms with E-state index in [1.165, 1.54) is 52.1 Å². The highest BCUT2D eigenvalue weighted by Crippen LogP contribution is 2.15. The lowest BCUT2D eigenvalue weighted by Crippen LogP contribution is -2.53. The molecule has 1 aliphatic rings. The minimum Gasteiger partial charge on any atom is -0.317 e. The third kappa shape index (κ3) is 5.84. The van der Waals surface area contributed by atoms with Crippen molar-refractivity contribution < 1.29 is 0 Å². The molecule has 102 valence electrons. The summed E-state index contributed by atoms with van der Waals surface area (Å²) in [7, 11) is 0. The second kappa shape index (κ2) is 7.34. The highest BCUT2D eigenvalue weighted by molar-refractivity contribution is 4.81. The van der Waals surface area contributed by atoms with Gasteiger partial charge in [-0.25, -0.2) is 0 Å². The van der Waals surface area contributed by atoms with Gasteiger partial charge >= 0.3 is 0 Å². The molecule has 0 unspecified atom stereocenters. The van der Waals surface area contributed by atoms with Crippen molar-refractivity contribution in [2.45, 2.75) is 46.1 Å². The molecule has 0 spiro atoms. The molecular formula is C14H31N3. The molecule has 1 fully saturated rings. The third-order valence-corrected chi connectivity index (χ3v) is 3.58. The summed E-state index contributed by atoms with van der Waals surface area (Å²) in [6, 6.07) is 0. The number of hydrogen-bond donors (Lipinski definition) is 1. The molecule has 0 aliphatic carbocycles. The van der Waals surface area contributed by atoms with Crippen molar-refractivity contribution in [1.82, 2.24) is 15.1 Å². The molecule has 0 bridgehead atoms. The van der Waals surface area contributed by atoms with Crippen LogP contribution < -0.4 is 5.32 Å². The molecule has 0 atom stereocenters. The Hall–Kier alpha value is -0.120. The lowest BCUT2D eigenvalue weighted by Gasteiger charge is -2.42. The van der Waals surface area contributed by atoms with Gasteiger partial charge in [-0.1, -0.05) is 6.92 Å². The molecule has 0 aromatic rings. The Morgan fingerprint density at radius 3 is 2.18 bits per heavy atom. The van der Waals surface area contributed by atoms with Crippen LogP contribution in [0.5, 0.6) is 0 Å². The standard InChI is InChI=1S/C14H31N3/c1-5-7-15-8-6-9-16-10-12-17(13-11-16)14(2,3)4/h15H,5-13H2,1-4H3.